The highest BCUT2D eigenvalue weighted by molar-refractivity contribution is 5.90. The number of carbonyl (C=O) groups excluding carboxylic acids is 1. The molecule has 1 N–H and O–H groups in total. The maximum atomic E-state index is 13.0. The molecule has 144 valence electrons. The van der Waals surface area contributed by atoms with Crippen LogP contribution in [0.4, 0.5) is 23.7 Å². The van der Waals surface area contributed by atoms with Gasteiger partial charge in [0.1, 0.15) is 11.9 Å². The maximum absolute atomic E-state index is 13.0. The number of alkyl halides is 3. The van der Waals surface area contributed by atoms with Crippen molar-refractivity contribution in [3.8, 4) is 5.75 Å². The van der Waals surface area contributed by atoms with Gasteiger partial charge in [0.2, 0.25) is 0 Å². The van der Waals surface area contributed by atoms with Crippen molar-refractivity contribution in [2.75, 3.05) is 18.4 Å². The van der Waals surface area contributed by atoms with Gasteiger partial charge < -0.3 is 15.0 Å². The molecule has 0 spiro atoms. The van der Waals surface area contributed by atoms with Crippen LogP contribution in [0.15, 0.2) is 42.6 Å². The number of hydrogen-bond acceptors (Lipinski definition) is 3. The fourth-order valence-corrected chi connectivity index (χ4v) is 2.93. The number of rotatable bonds is 3. The van der Waals surface area contributed by atoms with Gasteiger partial charge >= 0.3 is 12.2 Å². The number of likely N-dealkylation sites (tertiary alicyclic amines) is 1. The standard InChI is InChI=1S/C19H20F3N3O2/c1-13-6-7-15(12-23-13)27-14-8-10-25(11-9-14)18(26)24-17-5-3-2-4-16(17)19(20,21)22/h2-7,12,14H,8-11H2,1H3,(H,24,26). The van der Waals surface area contributed by atoms with E-state index in [0.29, 0.717) is 31.7 Å². The number of anilines is 1. The summed E-state index contributed by atoms with van der Waals surface area (Å²) in [5.74, 6) is 0.669. The lowest BCUT2D eigenvalue weighted by Gasteiger charge is -2.32. The molecule has 5 nitrogen and oxygen atoms in total. The van der Waals surface area contributed by atoms with Crippen LogP contribution in [0.2, 0.25) is 0 Å². The van der Waals surface area contributed by atoms with Gasteiger partial charge in [0, 0.05) is 31.6 Å². The van der Waals surface area contributed by atoms with Gasteiger partial charge in [-0.15, -0.1) is 0 Å². The second kappa shape index (κ2) is 7.85. The van der Waals surface area contributed by atoms with Crippen molar-refractivity contribution >= 4 is 11.7 Å². The van der Waals surface area contributed by atoms with Gasteiger partial charge in [0.15, 0.2) is 0 Å². The van der Waals surface area contributed by atoms with E-state index in [0.717, 1.165) is 11.8 Å². The fraction of sp³-hybridized carbons (Fsp3) is 0.368. The molecule has 3 rings (SSSR count). The lowest BCUT2D eigenvalue weighted by Crippen LogP contribution is -2.44. The number of carbonyl (C=O) groups is 1. The van der Waals surface area contributed by atoms with E-state index in [-0.39, 0.29) is 11.8 Å². The first-order valence-electron chi connectivity index (χ1n) is 8.64. The Hall–Kier alpha value is -2.77. The van der Waals surface area contributed by atoms with E-state index in [2.05, 4.69) is 10.3 Å². The summed E-state index contributed by atoms with van der Waals surface area (Å²) in [6, 6.07) is 8.11. The van der Waals surface area contributed by atoms with Gasteiger partial charge in [-0.2, -0.15) is 13.2 Å². The number of benzene rings is 1. The first-order valence-corrected chi connectivity index (χ1v) is 8.64. The normalized spacial score (nSPS) is 15.5. The number of aromatic nitrogens is 1. The third kappa shape index (κ3) is 4.90. The minimum Gasteiger partial charge on any atom is -0.489 e. The molecule has 1 saturated heterocycles. The molecule has 0 bridgehead atoms. The highest BCUT2D eigenvalue weighted by Crippen LogP contribution is 2.34. The topological polar surface area (TPSA) is 54.5 Å². The zero-order chi connectivity index (χ0) is 19.4. The number of piperidine rings is 1. The molecule has 1 aliphatic heterocycles. The van der Waals surface area contributed by atoms with Crippen LogP contribution < -0.4 is 10.1 Å². The first kappa shape index (κ1) is 19.0. The Morgan fingerprint density at radius 1 is 1.19 bits per heavy atom. The molecule has 27 heavy (non-hydrogen) atoms. The quantitative estimate of drug-likeness (QED) is 0.855. The van der Waals surface area contributed by atoms with Crippen LogP contribution in [0.25, 0.3) is 0 Å². The van der Waals surface area contributed by atoms with Crippen molar-refractivity contribution in [2.24, 2.45) is 0 Å². The Bertz CT molecular complexity index is 786. The summed E-state index contributed by atoms with van der Waals surface area (Å²) in [5, 5.41) is 2.37. The van der Waals surface area contributed by atoms with E-state index in [1.165, 1.54) is 23.1 Å². The summed E-state index contributed by atoms with van der Waals surface area (Å²) in [4.78, 5) is 18.0. The number of nitrogens with zero attached hydrogens (tertiary/aromatic N) is 2. The summed E-state index contributed by atoms with van der Waals surface area (Å²) < 4.78 is 45.0. The van der Waals surface area contributed by atoms with Crippen molar-refractivity contribution in [3.63, 3.8) is 0 Å². The van der Waals surface area contributed by atoms with E-state index >= 15 is 0 Å². The van der Waals surface area contributed by atoms with E-state index < -0.39 is 17.8 Å². The highest BCUT2D eigenvalue weighted by Gasteiger charge is 2.34. The van der Waals surface area contributed by atoms with Gasteiger partial charge in [-0.05, 0) is 31.2 Å². The van der Waals surface area contributed by atoms with Crippen LogP contribution in [0.5, 0.6) is 5.75 Å². The number of hydrogen-bond donors (Lipinski definition) is 1. The minimum absolute atomic E-state index is 0.0546. The molecular formula is C19H20F3N3O2. The summed E-state index contributed by atoms with van der Waals surface area (Å²) >= 11 is 0. The third-order valence-corrected chi connectivity index (χ3v) is 4.39. The predicted molar refractivity (Wildman–Crippen MR) is 94.7 cm³/mol. The summed E-state index contributed by atoms with van der Waals surface area (Å²) in [7, 11) is 0. The van der Waals surface area contributed by atoms with Crippen LogP contribution in [0.3, 0.4) is 0 Å². The molecule has 0 radical (unpaired) electrons. The largest absolute Gasteiger partial charge is 0.489 e. The Balaban J connectivity index is 1.55. The van der Waals surface area contributed by atoms with Crippen molar-refractivity contribution in [1.82, 2.24) is 9.88 Å². The molecule has 2 amide bonds. The first-order chi connectivity index (χ1) is 12.8. The van der Waals surface area contributed by atoms with E-state index in [1.807, 2.05) is 19.1 Å². The van der Waals surface area contributed by atoms with Gasteiger partial charge in [0.25, 0.3) is 0 Å². The van der Waals surface area contributed by atoms with E-state index in [9.17, 15) is 18.0 Å². The number of amides is 2. The number of aryl methyl sites for hydroxylation is 1. The summed E-state index contributed by atoms with van der Waals surface area (Å²) in [6.07, 6.45) is -1.72. The summed E-state index contributed by atoms with van der Waals surface area (Å²) in [6.45, 7) is 2.70. The monoisotopic (exact) mass is 379 g/mol. The number of halogens is 3. The van der Waals surface area contributed by atoms with E-state index in [1.54, 1.807) is 6.20 Å². The Morgan fingerprint density at radius 3 is 2.52 bits per heavy atom. The van der Waals surface area contributed by atoms with Crippen LogP contribution >= 0.6 is 0 Å². The van der Waals surface area contributed by atoms with Gasteiger partial charge in [-0.3, -0.25) is 4.98 Å². The van der Waals surface area contributed by atoms with Gasteiger partial charge in [-0.1, -0.05) is 12.1 Å². The zero-order valence-corrected chi connectivity index (χ0v) is 14.8. The van der Waals surface area contributed by atoms with Crippen LogP contribution in [0, 0.1) is 6.92 Å². The molecule has 0 saturated carbocycles. The molecule has 0 unspecified atom stereocenters. The zero-order valence-electron chi connectivity index (χ0n) is 14.8. The SMILES string of the molecule is Cc1ccc(OC2CCN(C(=O)Nc3ccccc3C(F)(F)F)CC2)cn1. The number of pyridine rings is 1. The van der Waals surface area contributed by atoms with Gasteiger partial charge in [-0.25, -0.2) is 4.79 Å². The average molecular weight is 379 g/mol. The number of urea groups is 1. The highest BCUT2D eigenvalue weighted by atomic mass is 19.4. The fourth-order valence-electron chi connectivity index (χ4n) is 2.93. The molecule has 0 aliphatic carbocycles. The smallest absolute Gasteiger partial charge is 0.418 e. The molecule has 2 aromatic rings. The van der Waals surface area contributed by atoms with Crippen molar-refractivity contribution < 1.29 is 22.7 Å². The van der Waals surface area contributed by atoms with Gasteiger partial charge in [0.05, 0.1) is 17.4 Å². The Labute approximate surface area is 155 Å². The number of nitrogens with one attached hydrogen (secondary N) is 1. The number of para-hydroxylation sites is 1. The second-order valence-corrected chi connectivity index (χ2v) is 6.41. The molecule has 1 aliphatic rings. The Morgan fingerprint density at radius 2 is 1.89 bits per heavy atom. The number of ether oxygens (including phenoxy) is 1. The third-order valence-electron chi connectivity index (χ3n) is 4.39. The molecule has 1 fully saturated rings. The maximum Gasteiger partial charge on any atom is 0.418 e. The lowest BCUT2D eigenvalue weighted by molar-refractivity contribution is -0.136. The lowest BCUT2D eigenvalue weighted by atomic mass is 10.1. The van der Waals surface area contributed by atoms with E-state index in [4.69, 9.17) is 4.74 Å². The molecule has 1 aromatic carbocycles. The second-order valence-electron chi connectivity index (χ2n) is 6.41. The average Bonchev–Trinajstić information content (AvgIpc) is 2.64. The predicted octanol–water partition coefficient (Wildman–Crippen LogP) is 4.48. The van der Waals surface area contributed by atoms with Crippen molar-refractivity contribution in [3.05, 3.63) is 53.9 Å². The van der Waals surface area contributed by atoms with Crippen molar-refractivity contribution in [1.29, 1.82) is 0 Å². The molecule has 8 heteroatoms. The van der Waals surface area contributed by atoms with Crippen molar-refractivity contribution in [2.45, 2.75) is 32.0 Å². The minimum atomic E-state index is -4.52. The molecule has 2 heterocycles. The molecule has 0 atom stereocenters. The summed E-state index contributed by atoms with van der Waals surface area (Å²) in [5.41, 5.74) is -0.199. The van der Waals surface area contributed by atoms with Crippen LogP contribution in [0.1, 0.15) is 24.1 Å². The molecule has 1 aromatic heterocycles. The van der Waals surface area contributed by atoms with Crippen LogP contribution in [-0.2, 0) is 6.18 Å². The van der Waals surface area contributed by atoms with Crippen LogP contribution in [-0.4, -0.2) is 35.1 Å². The Kier molecular flexibility index (Phi) is 5.53. The molecular weight excluding hydrogens is 359 g/mol.